The Labute approximate surface area is 222 Å². The molecule has 0 aliphatic heterocycles. The van der Waals surface area contributed by atoms with Crippen LogP contribution in [0.1, 0.15) is 23.6 Å². The van der Waals surface area contributed by atoms with Crippen molar-refractivity contribution in [3.8, 4) is 0 Å². The minimum atomic E-state index is -0.870. The second-order valence-electron chi connectivity index (χ2n) is 8.97. The smallest absolute Gasteiger partial charge is 0.303 e. The first-order chi connectivity index (χ1) is 18.6. The molecule has 0 aromatic heterocycles. The molecule has 1 aliphatic rings. The second-order valence-corrected chi connectivity index (χ2v) is 8.97. The maximum Gasteiger partial charge on any atom is 0.303 e. The predicted molar refractivity (Wildman–Crippen MR) is 143 cm³/mol. The van der Waals surface area contributed by atoms with Gasteiger partial charge < -0.3 is 18.9 Å². The fourth-order valence-electron chi connectivity index (χ4n) is 4.38. The lowest BCUT2D eigenvalue weighted by atomic mass is 9.87. The van der Waals surface area contributed by atoms with Crippen LogP contribution in [-0.4, -0.2) is 36.9 Å². The summed E-state index contributed by atoms with van der Waals surface area (Å²) in [7, 11) is 0. The molecule has 38 heavy (non-hydrogen) atoms. The number of carbonyl (C=O) groups excluding carboxylic acids is 1. The average Bonchev–Trinajstić information content (AvgIpc) is 2.94. The van der Waals surface area contributed by atoms with E-state index in [2.05, 4.69) is 10.0 Å². The molecule has 0 heterocycles. The SMILES string of the molecule is CC(=O)O[C@@H]1[C@@H](OCc2ccccc2)[C@H](OCc2ccccc2)C(COCc2ccccc2)=C[C@@H]1N=[N+]=[N-]. The summed E-state index contributed by atoms with van der Waals surface area (Å²) >= 11 is 0. The van der Waals surface area contributed by atoms with E-state index in [4.69, 9.17) is 18.9 Å². The van der Waals surface area contributed by atoms with E-state index >= 15 is 0 Å². The van der Waals surface area contributed by atoms with Gasteiger partial charge in [0.1, 0.15) is 18.3 Å². The third kappa shape index (κ3) is 7.78. The number of carbonyl (C=O) groups is 1. The second kappa shape index (κ2) is 14.1. The first-order valence-corrected chi connectivity index (χ1v) is 12.5. The molecule has 3 aromatic carbocycles. The summed E-state index contributed by atoms with van der Waals surface area (Å²) in [6, 6.07) is 28.6. The fourth-order valence-corrected chi connectivity index (χ4v) is 4.38. The maximum atomic E-state index is 12.1. The van der Waals surface area contributed by atoms with Gasteiger partial charge in [-0.3, -0.25) is 4.79 Å². The lowest BCUT2D eigenvalue weighted by Crippen LogP contribution is -2.52. The van der Waals surface area contributed by atoms with Crippen molar-refractivity contribution in [1.82, 2.24) is 0 Å². The maximum absolute atomic E-state index is 12.1. The van der Waals surface area contributed by atoms with Crippen molar-refractivity contribution < 1.29 is 23.7 Å². The first-order valence-electron chi connectivity index (χ1n) is 12.5. The molecule has 0 amide bonds. The van der Waals surface area contributed by atoms with Gasteiger partial charge in [-0.05, 0) is 27.8 Å². The van der Waals surface area contributed by atoms with Crippen LogP contribution in [0.5, 0.6) is 0 Å². The molecule has 3 aromatic rings. The highest BCUT2D eigenvalue weighted by Crippen LogP contribution is 2.31. The Morgan fingerprint density at radius 1 is 0.763 bits per heavy atom. The Morgan fingerprint density at radius 2 is 1.29 bits per heavy atom. The Hall–Kier alpha value is -3.94. The largest absolute Gasteiger partial charge is 0.459 e. The van der Waals surface area contributed by atoms with Gasteiger partial charge in [-0.15, -0.1) is 0 Å². The molecule has 0 spiro atoms. The minimum Gasteiger partial charge on any atom is -0.459 e. The molecule has 0 fully saturated rings. The van der Waals surface area contributed by atoms with Gasteiger partial charge in [-0.2, -0.15) is 0 Å². The molecule has 0 saturated heterocycles. The van der Waals surface area contributed by atoms with Gasteiger partial charge in [0.25, 0.3) is 0 Å². The highest BCUT2D eigenvalue weighted by molar-refractivity contribution is 5.66. The van der Waals surface area contributed by atoms with E-state index < -0.39 is 30.3 Å². The van der Waals surface area contributed by atoms with E-state index in [1.807, 2.05) is 91.0 Å². The fraction of sp³-hybridized carbons (Fsp3) is 0.300. The van der Waals surface area contributed by atoms with Crippen molar-refractivity contribution in [3.63, 3.8) is 0 Å². The van der Waals surface area contributed by atoms with E-state index in [1.165, 1.54) is 6.92 Å². The molecular formula is C30H31N3O5. The van der Waals surface area contributed by atoms with Gasteiger partial charge >= 0.3 is 5.97 Å². The quantitative estimate of drug-likeness (QED) is 0.0983. The molecule has 196 valence electrons. The molecule has 8 nitrogen and oxygen atoms in total. The van der Waals surface area contributed by atoms with Crippen molar-refractivity contribution in [3.05, 3.63) is 130 Å². The summed E-state index contributed by atoms with van der Waals surface area (Å²) in [5.74, 6) is -0.500. The lowest BCUT2D eigenvalue weighted by Gasteiger charge is -2.40. The van der Waals surface area contributed by atoms with Crippen LogP contribution in [0.3, 0.4) is 0 Å². The monoisotopic (exact) mass is 513 g/mol. The molecule has 0 saturated carbocycles. The summed E-state index contributed by atoms with van der Waals surface area (Å²) < 4.78 is 24.5. The summed E-state index contributed by atoms with van der Waals surface area (Å²) in [4.78, 5) is 15.1. The van der Waals surface area contributed by atoms with Crippen LogP contribution in [0.15, 0.2) is 108 Å². The number of azide groups is 1. The molecule has 0 bridgehead atoms. The molecule has 0 radical (unpaired) electrons. The summed E-state index contributed by atoms with van der Waals surface area (Å²) in [6.07, 6.45) is -0.440. The van der Waals surface area contributed by atoms with Crippen LogP contribution >= 0.6 is 0 Å². The molecule has 4 rings (SSSR count). The zero-order valence-corrected chi connectivity index (χ0v) is 21.3. The topological polar surface area (TPSA) is 103 Å². The third-order valence-electron chi connectivity index (χ3n) is 6.13. The number of hydrogen-bond donors (Lipinski definition) is 0. The highest BCUT2D eigenvalue weighted by Gasteiger charge is 2.44. The van der Waals surface area contributed by atoms with Crippen molar-refractivity contribution in [1.29, 1.82) is 0 Å². The summed E-state index contributed by atoms with van der Waals surface area (Å²) in [6.45, 7) is 2.52. The van der Waals surface area contributed by atoms with Crippen LogP contribution < -0.4 is 0 Å². The van der Waals surface area contributed by atoms with E-state index in [0.717, 1.165) is 22.3 Å². The van der Waals surface area contributed by atoms with Crippen molar-refractivity contribution in [2.24, 2.45) is 5.11 Å². The number of esters is 1. The van der Waals surface area contributed by atoms with Crippen molar-refractivity contribution in [2.45, 2.75) is 51.1 Å². The molecule has 0 N–H and O–H groups in total. The zero-order valence-electron chi connectivity index (χ0n) is 21.3. The summed E-state index contributed by atoms with van der Waals surface area (Å²) in [5.41, 5.74) is 13.0. The van der Waals surface area contributed by atoms with E-state index in [9.17, 15) is 10.3 Å². The summed E-state index contributed by atoms with van der Waals surface area (Å²) in [5, 5.41) is 3.93. The molecule has 8 heteroatoms. The molecule has 1 aliphatic carbocycles. The Bertz CT molecular complexity index is 1230. The normalized spacial score (nSPS) is 20.7. The van der Waals surface area contributed by atoms with Crippen LogP contribution in [0, 0.1) is 0 Å². The van der Waals surface area contributed by atoms with Gasteiger partial charge in [-0.25, -0.2) is 0 Å². The van der Waals surface area contributed by atoms with Gasteiger partial charge in [0.2, 0.25) is 0 Å². The lowest BCUT2D eigenvalue weighted by molar-refractivity contribution is -0.171. The average molecular weight is 514 g/mol. The van der Waals surface area contributed by atoms with Gasteiger partial charge in [-0.1, -0.05) is 102 Å². The predicted octanol–water partition coefficient (Wildman–Crippen LogP) is 5.92. The number of rotatable bonds is 12. The Balaban J connectivity index is 1.63. The van der Waals surface area contributed by atoms with Crippen LogP contribution in [0.25, 0.3) is 10.4 Å². The van der Waals surface area contributed by atoms with E-state index in [0.29, 0.717) is 13.2 Å². The first kappa shape index (κ1) is 27.1. The van der Waals surface area contributed by atoms with Gasteiger partial charge in [0, 0.05) is 11.8 Å². The third-order valence-corrected chi connectivity index (χ3v) is 6.13. The zero-order chi connectivity index (χ0) is 26.6. The van der Waals surface area contributed by atoms with Gasteiger partial charge in [0.15, 0.2) is 0 Å². The van der Waals surface area contributed by atoms with Crippen molar-refractivity contribution >= 4 is 5.97 Å². The number of nitrogens with zero attached hydrogens (tertiary/aromatic N) is 3. The van der Waals surface area contributed by atoms with E-state index in [-0.39, 0.29) is 13.2 Å². The minimum absolute atomic E-state index is 0.226. The Morgan fingerprint density at radius 3 is 1.82 bits per heavy atom. The van der Waals surface area contributed by atoms with Crippen LogP contribution in [0.4, 0.5) is 0 Å². The molecule has 4 atom stereocenters. The highest BCUT2D eigenvalue weighted by atomic mass is 16.6. The van der Waals surface area contributed by atoms with Gasteiger partial charge in [0.05, 0.1) is 32.5 Å². The molecular weight excluding hydrogens is 482 g/mol. The number of hydrogen-bond acceptors (Lipinski definition) is 6. The number of benzene rings is 3. The van der Waals surface area contributed by atoms with Crippen LogP contribution in [0.2, 0.25) is 0 Å². The van der Waals surface area contributed by atoms with E-state index in [1.54, 1.807) is 6.08 Å². The van der Waals surface area contributed by atoms with Crippen molar-refractivity contribution in [2.75, 3.05) is 6.61 Å². The Kier molecular flexibility index (Phi) is 10.1. The number of ether oxygens (including phenoxy) is 4. The molecule has 0 unspecified atom stereocenters. The standard InChI is InChI=1S/C30H31N3O5/c1-22(34)38-29-27(32-33-31)17-26(21-35-18-23-11-5-2-6-12-23)28(36-19-24-13-7-3-8-14-24)30(29)37-20-25-15-9-4-10-16-25/h2-17,27-30H,18-21H2,1H3/t27-,28+,29-,30-/m0/s1. The van der Waals surface area contributed by atoms with Crippen LogP contribution in [-0.2, 0) is 43.6 Å².